The van der Waals surface area contributed by atoms with Crippen molar-refractivity contribution >= 4 is 11.9 Å². The van der Waals surface area contributed by atoms with Crippen LogP contribution in [0.1, 0.15) is 29.8 Å². The van der Waals surface area contributed by atoms with Crippen LogP contribution in [0, 0.1) is 5.92 Å². The standard InChI is InChI=1S/C17H21N3O3/c1-12(2)10-20-11-14(9-18-20)16(21)19-15(17(22)23)8-13-6-4-3-5-7-13/h3-7,9,11-12,15H,8,10H2,1-2H3,(H,19,21)(H,22,23)/t15-/m1/s1. The summed E-state index contributed by atoms with van der Waals surface area (Å²) in [6.07, 6.45) is 3.33. The number of carboxylic acids is 1. The minimum Gasteiger partial charge on any atom is -0.480 e. The van der Waals surface area contributed by atoms with Crippen molar-refractivity contribution < 1.29 is 14.7 Å². The molecule has 2 aromatic rings. The van der Waals surface area contributed by atoms with Gasteiger partial charge < -0.3 is 10.4 Å². The van der Waals surface area contributed by atoms with Crippen LogP contribution in [0.3, 0.4) is 0 Å². The monoisotopic (exact) mass is 315 g/mol. The molecule has 1 heterocycles. The van der Waals surface area contributed by atoms with Crippen LogP contribution in [0.2, 0.25) is 0 Å². The highest BCUT2D eigenvalue weighted by Crippen LogP contribution is 2.06. The summed E-state index contributed by atoms with van der Waals surface area (Å²) < 4.78 is 1.69. The zero-order valence-electron chi connectivity index (χ0n) is 13.3. The lowest BCUT2D eigenvalue weighted by Crippen LogP contribution is -2.42. The van der Waals surface area contributed by atoms with Gasteiger partial charge in [0.05, 0.1) is 11.8 Å². The van der Waals surface area contributed by atoms with E-state index in [2.05, 4.69) is 24.3 Å². The molecule has 0 unspecified atom stereocenters. The van der Waals surface area contributed by atoms with E-state index in [1.165, 1.54) is 6.20 Å². The number of nitrogens with one attached hydrogen (secondary N) is 1. The van der Waals surface area contributed by atoms with Crippen LogP contribution in [0.25, 0.3) is 0 Å². The zero-order valence-corrected chi connectivity index (χ0v) is 13.3. The number of hydrogen-bond donors (Lipinski definition) is 2. The molecule has 122 valence electrons. The molecule has 23 heavy (non-hydrogen) atoms. The molecule has 0 saturated heterocycles. The molecule has 1 atom stereocenters. The average molecular weight is 315 g/mol. The number of rotatable bonds is 7. The molecule has 0 spiro atoms. The predicted molar refractivity (Wildman–Crippen MR) is 86.1 cm³/mol. The topological polar surface area (TPSA) is 84.2 Å². The first-order valence-electron chi connectivity index (χ1n) is 7.55. The van der Waals surface area contributed by atoms with Gasteiger partial charge in [0.15, 0.2) is 0 Å². The van der Waals surface area contributed by atoms with Crippen molar-refractivity contribution in [1.82, 2.24) is 15.1 Å². The fourth-order valence-corrected chi connectivity index (χ4v) is 2.25. The highest BCUT2D eigenvalue weighted by molar-refractivity contribution is 5.96. The van der Waals surface area contributed by atoms with Gasteiger partial charge in [0.2, 0.25) is 0 Å². The summed E-state index contributed by atoms with van der Waals surface area (Å²) >= 11 is 0. The minimum atomic E-state index is -1.06. The van der Waals surface area contributed by atoms with Gasteiger partial charge in [0, 0.05) is 19.2 Å². The summed E-state index contributed by atoms with van der Waals surface area (Å²) in [6.45, 7) is 4.82. The molecule has 0 aliphatic rings. The Hall–Kier alpha value is -2.63. The number of aliphatic carboxylic acids is 1. The third kappa shape index (κ3) is 4.95. The molecule has 0 bridgehead atoms. The number of carbonyl (C=O) groups is 2. The molecule has 0 saturated carbocycles. The third-order valence-electron chi connectivity index (χ3n) is 3.33. The Kier molecular flexibility index (Phi) is 5.51. The van der Waals surface area contributed by atoms with Crippen LogP contribution >= 0.6 is 0 Å². The van der Waals surface area contributed by atoms with E-state index in [-0.39, 0.29) is 6.42 Å². The zero-order chi connectivity index (χ0) is 16.8. The molecule has 0 aliphatic heterocycles. The lowest BCUT2D eigenvalue weighted by Gasteiger charge is -2.14. The summed E-state index contributed by atoms with van der Waals surface area (Å²) in [5.74, 6) is -1.07. The van der Waals surface area contributed by atoms with E-state index in [1.54, 1.807) is 10.9 Å². The molecular formula is C17H21N3O3. The summed E-state index contributed by atoms with van der Waals surface area (Å²) in [6, 6.07) is 8.24. The number of carbonyl (C=O) groups excluding carboxylic acids is 1. The lowest BCUT2D eigenvalue weighted by molar-refractivity contribution is -0.139. The van der Waals surface area contributed by atoms with E-state index in [0.717, 1.165) is 5.56 Å². The maximum atomic E-state index is 12.2. The predicted octanol–water partition coefficient (Wildman–Crippen LogP) is 1.96. The first-order valence-corrected chi connectivity index (χ1v) is 7.55. The second-order valence-electron chi connectivity index (χ2n) is 5.90. The van der Waals surface area contributed by atoms with Crippen molar-refractivity contribution in [2.45, 2.75) is 32.9 Å². The van der Waals surface area contributed by atoms with Crippen LogP contribution in [0.4, 0.5) is 0 Å². The smallest absolute Gasteiger partial charge is 0.326 e. The second kappa shape index (κ2) is 7.58. The van der Waals surface area contributed by atoms with E-state index >= 15 is 0 Å². The van der Waals surface area contributed by atoms with Crippen LogP contribution < -0.4 is 5.32 Å². The summed E-state index contributed by atoms with van der Waals surface area (Å²) in [7, 11) is 0. The van der Waals surface area contributed by atoms with Gasteiger partial charge in [-0.15, -0.1) is 0 Å². The Labute approximate surface area is 135 Å². The van der Waals surface area contributed by atoms with Gasteiger partial charge >= 0.3 is 5.97 Å². The SMILES string of the molecule is CC(C)Cn1cc(C(=O)N[C@H](Cc2ccccc2)C(=O)O)cn1. The third-order valence-corrected chi connectivity index (χ3v) is 3.33. The van der Waals surface area contributed by atoms with Crippen LogP contribution in [-0.4, -0.2) is 32.8 Å². The molecule has 1 aromatic heterocycles. The van der Waals surface area contributed by atoms with Gasteiger partial charge in [-0.1, -0.05) is 44.2 Å². The maximum Gasteiger partial charge on any atom is 0.326 e. The first-order chi connectivity index (χ1) is 11.0. The number of aromatic nitrogens is 2. The van der Waals surface area contributed by atoms with Crippen molar-refractivity contribution in [2.24, 2.45) is 5.92 Å². The lowest BCUT2D eigenvalue weighted by atomic mass is 10.1. The summed E-state index contributed by atoms with van der Waals surface area (Å²) in [5, 5.41) is 16.0. The Morgan fingerprint density at radius 1 is 1.26 bits per heavy atom. The minimum absolute atomic E-state index is 0.238. The number of nitrogens with zero attached hydrogens (tertiary/aromatic N) is 2. The molecule has 0 fully saturated rings. The number of carboxylic acid groups (broad SMARTS) is 1. The van der Waals surface area contributed by atoms with Gasteiger partial charge in [-0.25, -0.2) is 4.79 Å². The molecule has 0 aliphatic carbocycles. The van der Waals surface area contributed by atoms with Gasteiger partial charge in [0.1, 0.15) is 6.04 Å². The number of benzene rings is 1. The molecule has 6 heteroatoms. The molecule has 6 nitrogen and oxygen atoms in total. The van der Waals surface area contributed by atoms with E-state index in [1.807, 2.05) is 30.3 Å². The van der Waals surface area contributed by atoms with Gasteiger partial charge in [-0.3, -0.25) is 9.48 Å². The Morgan fingerprint density at radius 2 is 1.96 bits per heavy atom. The van der Waals surface area contributed by atoms with Gasteiger partial charge in [0.25, 0.3) is 5.91 Å². The van der Waals surface area contributed by atoms with Crippen molar-refractivity contribution in [3.63, 3.8) is 0 Å². The molecule has 2 N–H and O–H groups in total. The van der Waals surface area contributed by atoms with Crippen molar-refractivity contribution in [3.8, 4) is 0 Å². The van der Waals surface area contributed by atoms with E-state index in [9.17, 15) is 14.7 Å². The van der Waals surface area contributed by atoms with Crippen LogP contribution in [0.15, 0.2) is 42.7 Å². The number of amides is 1. The highest BCUT2D eigenvalue weighted by Gasteiger charge is 2.21. The maximum absolute atomic E-state index is 12.2. The van der Waals surface area contributed by atoms with Crippen LogP contribution in [0.5, 0.6) is 0 Å². The van der Waals surface area contributed by atoms with Gasteiger partial charge in [-0.05, 0) is 11.5 Å². The molecule has 1 aromatic carbocycles. The van der Waals surface area contributed by atoms with E-state index in [4.69, 9.17) is 0 Å². The molecule has 1 amide bonds. The fraction of sp³-hybridized carbons (Fsp3) is 0.353. The summed E-state index contributed by atoms with van der Waals surface area (Å²) in [4.78, 5) is 23.6. The Bertz CT molecular complexity index is 665. The number of hydrogen-bond acceptors (Lipinski definition) is 3. The summed E-state index contributed by atoms with van der Waals surface area (Å²) in [5.41, 5.74) is 1.22. The van der Waals surface area contributed by atoms with Crippen LogP contribution in [-0.2, 0) is 17.8 Å². The van der Waals surface area contributed by atoms with Crippen molar-refractivity contribution in [1.29, 1.82) is 0 Å². The molecule has 0 radical (unpaired) electrons. The Morgan fingerprint density at radius 3 is 2.57 bits per heavy atom. The van der Waals surface area contributed by atoms with E-state index in [0.29, 0.717) is 18.0 Å². The Balaban J connectivity index is 2.03. The normalized spacial score (nSPS) is 12.1. The molecule has 2 rings (SSSR count). The average Bonchev–Trinajstić information content (AvgIpc) is 2.95. The van der Waals surface area contributed by atoms with Gasteiger partial charge in [-0.2, -0.15) is 5.10 Å². The quantitative estimate of drug-likeness (QED) is 0.818. The second-order valence-corrected chi connectivity index (χ2v) is 5.90. The highest BCUT2D eigenvalue weighted by atomic mass is 16.4. The van der Waals surface area contributed by atoms with E-state index < -0.39 is 17.9 Å². The fourth-order valence-electron chi connectivity index (χ4n) is 2.25. The largest absolute Gasteiger partial charge is 0.480 e. The first kappa shape index (κ1) is 16.7. The van der Waals surface area contributed by atoms with Crippen molar-refractivity contribution in [3.05, 3.63) is 53.9 Å². The molecular weight excluding hydrogens is 294 g/mol. The van der Waals surface area contributed by atoms with Crippen molar-refractivity contribution in [2.75, 3.05) is 0 Å².